The summed E-state index contributed by atoms with van der Waals surface area (Å²) >= 11 is 12.6. The van der Waals surface area contributed by atoms with Crippen molar-refractivity contribution in [1.82, 2.24) is 19.9 Å². The minimum Gasteiger partial charge on any atom is -0.300 e. The Morgan fingerprint density at radius 2 is 1.86 bits per heavy atom. The van der Waals surface area contributed by atoms with Crippen LogP contribution in [0.2, 0.25) is 10.6 Å². The molecule has 0 fully saturated rings. The zero-order chi connectivity index (χ0) is 9.97. The molecule has 0 unspecified atom stereocenters. The van der Waals surface area contributed by atoms with Gasteiger partial charge in [0.05, 0.1) is 0 Å². The first-order valence-electron chi connectivity index (χ1n) is 3.47. The molecule has 0 atom stereocenters. The Hall–Kier alpha value is -0.980. The van der Waals surface area contributed by atoms with Gasteiger partial charge in [0, 0.05) is 11.6 Å². The van der Waals surface area contributed by atoms with E-state index in [2.05, 4.69) is 25.3 Å². The maximum absolute atomic E-state index is 5.59. The Labute approximate surface area is 93.2 Å². The molecule has 72 valence electrons. The Kier molecular flexibility index (Phi) is 2.76. The van der Waals surface area contributed by atoms with Gasteiger partial charge in [0.15, 0.2) is 5.13 Å². The van der Waals surface area contributed by atoms with Crippen LogP contribution in [0, 0.1) is 0 Å². The fourth-order valence-corrected chi connectivity index (χ4v) is 1.65. The molecule has 8 heteroatoms. The fraction of sp³-hybridized carbons (Fsp3) is 0. The van der Waals surface area contributed by atoms with E-state index in [0.717, 1.165) is 0 Å². The van der Waals surface area contributed by atoms with Crippen LogP contribution in [0.4, 0.5) is 11.1 Å². The first kappa shape index (κ1) is 9.57. The molecule has 14 heavy (non-hydrogen) atoms. The average molecular weight is 248 g/mol. The number of thiazole rings is 1. The lowest BCUT2D eigenvalue weighted by atomic mass is 10.9. The molecule has 2 aromatic rings. The molecule has 1 N–H and O–H groups in total. The zero-order valence-corrected chi connectivity index (χ0v) is 8.94. The molecule has 2 heterocycles. The maximum atomic E-state index is 5.59. The van der Waals surface area contributed by atoms with Crippen molar-refractivity contribution < 1.29 is 0 Å². The van der Waals surface area contributed by atoms with Crippen molar-refractivity contribution in [3.63, 3.8) is 0 Å². The van der Waals surface area contributed by atoms with Crippen LogP contribution in [0.1, 0.15) is 0 Å². The van der Waals surface area contributed by atoms with Gasteiger partial charge in [-0.2, -0.15) is 15.0 Å². The summed E-state index contributed by atoms with van der Waals surface area (Å²) in [5.74, 6) is 0.282. The lowest BCUT2D eigenvalue weighted by Crippen LogP contribution is -1.98. The van der Waals surface area contributed by atoms with Crippen molar-refractivity contribution >= 4 is 45.6 Å². The molecule has 0 aromatic carbocycles. The molecule has 5 nitrogen and oxygen atoms in total. The van der Waals surface area contributed by atoms with Crippen LogP contribution in [0.3, 0.4) is 0 Å². The Morgan fingerprint density at radius 1 is 1.14 bits per heavy atom. The smallest absolute Gasteiger partial charge is 0.234 e. The molecule has 0 amide bonds. The molecule has 2 aromatic heterocycles. The van der Waals surface area contributed by atoms with Crippen LogP contribution in [0.15, 0.2) is 11.6 Å². The van der Waals surface area contributed by atoms with Crippen LogP contribution in [0.5, 0.6) is 0 Å². The van der Waals surface area contributed by atoms with Gasteiger partial charge in [-0.3, -0.25) is 5.32 Å². The number of nitrogens with one attached hydrogen (secondary N) is 1. The lowest BCUT2D eigenvalue weighted by Gasteiger charge is -1.99. The van der Waals surface area contributed by atoms with E-state index in [9.17, 15) is 0 Å². The average Bonchev–Trinajstić information content (AvgIpc) is 2.54. The van der Waals surface area contributed by atoms with Crippen molar-refractivity contribution in [1.29, 1.82) is 0 Å². The number of hydrogen-bond donors (Lipinski definition) is 1. The summed E-state index contributed by atoms with van der Waals surface area (Å²) in [5, 5.41) is 5.43. The van der Waals surface area contributed by atoms with E-state index in [1.165, 1.54) is 11.3 Å². The van der Waals surface area contributed by atoms with Gasteiger partial charge in [-0.1, -0.05) is 0 Å². The molecule has 0 aliphatic heterocycles. The first-order valence-corrected chi connectivity index (χ1v) is 5.11. The van der Waals surface area contributed by atoms with Crippen molar-refractivity contribution in [2.24, 2.45) is 0 Å². The molecule has 0 saturated carbocycles. The van der Waals surface area contributed by atoms with E-state index in [1.807, 2.05) is 5.38 Å². The normalized spacial score (nSPS) is 10.1. The third kappa shape index (κ3) is 2.28. The molecule has 0 spiro atoms. The topological polar surface area (TPSA) is 63.6 Å². The van der Waals surface area contributed by atoms with Crippen LogP contribution >= 0.6 is 34.5 Å². The van der Waals surface area contributed by atoms with Gasteiger partial charge in [0.25, 0.3) is 0 Å². The van der Waals surface area contributed by atoms with Crippen LogP contribution in [0.25, 0.3) is 0 Å². The van der Waals surface area contributed by atoms with Crippen molar-refractivity contribution in [2.45, 2.75) is 0 Å². The molecule has 0 saturated heterocycles. The number of nitrogens with zero attached hydrogens (tertiary/aromatic N) is 4. The Bertz CT molecular complexity index is 412. The highest BCUT2D eigenvalue weighted by atomic mass is 35.5. The molecular formula is C6H3Cl2N5S. The van der Waals surface area contributed by atoms with Gasteiger partial charge in [-0.25, -0.2) is 4.98 Å². The van der Waals surface area contributed by atoms with Gasteiger partial charge in [-0.15, -0.1) is 11.3 Å². The second-order valence-corrected chi connectivity index (χ2v) is 3.73. The zero-order valence-electron chi connectivity index (χ0n) is 6.61. The van der Waals surface area contributed by atoms with Gasteiger partial charge in [0.2, 0.25) is 16.5 Å². The summed E-state index contributed by atoms with van der Waals surface area (Å²) < 4.78 is 0. The minimum atomic E-state index is 0.0454. The standard InChI is InChI=1S/C6H3Cl2N5S/c7-3-10-4(8)12-5(11-3)13-6-9-1-2-14-6/h1-2H,(H,9,10,11,12,13). The van der Waals surface area contributed by atoms with Crippen molar-refractivity contribution in [3.8, 4) is 0 Å². The van der Waals surface area contributed by atoms with E-state index in [-0.39, 0.29) is 16.5 Å². The van der Waals surface area contributed by atoms with Gasteiger partial charge in [-0.05, 0) is 23.2 Å². The summed E-state index contributed by atoms with van der Waals surface area (Å²) in [6.07, 6.45) is 1.66. The number of halogens is 2. The summed E-state index contributed by atoms with van der Waals surface area (Å²) in [7, 11) is 0. The minimum absolute atomic E-state index is 0.0454. The molecule has 0 aliphatic carbocycles. The molecule has 0 aliphatic rings. The third-order valence-corrected chi connectivity index (χ3v) is 2.26. The second kappa shape index (κ2) is 4.04. The molecule has 0 bridgehead atoms. The quantitative estimate of drug-likeness (QED) is 0.883. The number of rotatable bonds is 2. The van der Waals surface area contributed by atoms with E-state index >= 15 is 0 Å². The SMILES string of the molecule is Clc1nc(Cl)nc(Nc2nccs2)n1. The predicted molar refractivity (Wildman–Crippen MR) is 55.2 cm³/mol. The number of anilines is 2. The number of aromatic nitrogens is 4. The monoisotopic (exact) mass is 247 g/mol. The van der Waals surface area contributed by atoms with Crippen LogP contribution < -0.4 is 5.32 Å². The summed E-state index contributed by atoms with van der Waals surface area (Å²) in [5.41, 5.74) is 0. The first-order chi connectivity index (χ1) is 6.74. The fourth-order valence-electron chi connectivity index (χ4n) is 0.763. The Balaban J connectivity index is 2.25. The van der Waals surface area contributed by atoms with Gasteiger partial charge < -0.3 is 0 Å². The second-order valence-electron chi connectivity index (χ2n) is 2.16. The third-order valence-electron chi connectivity index (χ3n) is 1.23. The van der Waals surface area contributed by atoms with Crippen molar-refractivity contribution in [2.75, 3.05) is 5.32 Å². The summed E-state index contributed by atoms with van der Waals surface area (Å²) in [6, 6.07) is 0. The Morgan fingerprint density at radius 3 is 2.43 bits per heavy atom. The predicted octanol–water partition coefficient (Wildman–Crippen LogP) is 2.38. The number of hydrogen-bond acceptors (Lipinski definition) is 6. The van der Waals surface area contributed by atoms with E-state index < -0.39 is 0 Å². The highest BCUT2D eigenvalue weighted by Crippen LogP contribution is 2.17. The van der Waals surface area contributed by atoms with Crippen molar-refractivity contribution in [3.05, 3.63) is 22.1 Å². The van der Waals surface area contributed by atoms with Gasteiger partial charge in [0.1, 0.15) is 0 Å². The molecular weight excluding hydrogens is 245 g/mol. The van der Waals surface area contributed by atoms with Crippen LogP contribution in [-0.4, -0.2) is 19.9 Å². The molecule has 2 rings (SSSR count). The summed E-state index contributed by atoms with van der Waals surface area (Å²) in [6.45, 7) is 0. The molecule has 0 radical (unpaired) electrons. The van der Waals surface area contributed by atoms with E-state index in [4.69, 9.17) is 23.2 Å². The van der Waals surface area contributed by atoms with Crippen LogP contribution in [-0.2, 0) is 0 Å². The largest absolute Gasteiger partial charge is 0.300 e. The van der Waals surface area contributed by atoms with E-state index in [1.54, 1.807) is 6.20 Å². The maximum Gasteiger partial charge on any atom is 0.234 e. The highest BCUT2D eigenvalue weighted by Gasteiger charge is 2.04. The highest BCUT2D eigenvalue weighted by molar-refractivity contribution is 7.13. The lowest BCUT2D eigenvalue weighted by molar-refractivity contribution is 1.05. The van der Waals surface area contributed by atoms with Gasteiger partial charge >= 0.3 is 0 Å². The summed E-state index contributed by atoms with van der Waals surface area (Å²) in [4.78, 5) is 15.3. The van der Waals surface area contributed by atoms with E-state index in [0.29, 0.717) is 5.13 Å².